The summed E-state index contributed by atoms with van der Waals surface area (Å²) in [5.41, 5.74) is 3.05. The second-order valence-electron chi connectivity index (χ2n) is 6.73. The molecule has 0 amide bonds. The van der Waals surface area contributed by atoms with Crippen LogP contribution in [0.4, 0.5) is 11.5 Å². The molecule has 0 saturated carbocycles. The van der Waals surface area contributed by atoms with Crippen molar-refractivity contribution in [2.24, 2.45) is 0 Å². The van der Waals surface area contributed by atoms with E-state index in [0.29, 0.717) is 17.3 Å². The summed E-state index contributed by atoms with van der Waals surface area (Å²) in [6, 6.07) is 15.3. The van der Waals surface area contributed by atoms with Gasteiger partial charge in [0.15, 0.2) is 5.82 Å². The molecule has 2 heterocycles. The molecule has 2 aromatic carbocycles. The van der Waals surface area contributed by atoms with Crippen LogP contribution in [0.25, 0.3) is 16.9 Å². The van der Waals surface area contributed by atoms with E-state index in [1.54, 1.807) is 41.5 Å². The summed E-state index contributed by atoms with van der Waals surface area (Å²) in [6.07, 6.45) is 6.06. The zero-order valence-corrected chi connectivity index (χ0v) is 16.8. The van der Waals surface area contributed by atoms with Gasteiger partial charge in [-0.05, 0) is 30.7 Å². The highest BCUT2D eigenvalue weighted by atomic mass is 32.2. The summed E-state index contributed by atoms with van der Waals surface area (Å²) in [6.45, 7) is 2.05. The van der Waals surface area contributed by atoms with Crippen LogP contribution in [0.5, 0.6) is 0 Å². The second-order valence-corrected chi connectivity index (χ2v) is 8.48. The molecule has 4 aromatic rings. The molecule has 8 nitrogen and oxygen atoms in total. The predicted octanol–water partition coefficient (Wildman–Crippen LogP) is 3.36. The molecule has 0 saturated heterocycles. The Labute approximate surface area is 168 Å². The summed E-state index contributed by atoms with van der Waals surface area (Å²) >= 11 is 0. The molecule has 0 spiro atoms. The molecule has 0 bridgehead atoms. The van der Waals surface area contributed by atoms with Crippen LogP contribution in [-0.2, 0) is 10.0 Å². The van der Waals surface area contributed by atoms with E-state index in [-0.39, 0.29) is 6.04 Å². The summed E-state index contributed by atoms with van der Waals surface area (Å²) in [5.74, 6) is 1.21. The number of sulfonamides is 1. The highest BCUT2D eigenvalue weighted by molar-refractivity contribution is 7.92. The maximum atomic E-state index is 11.5. The normalized spacial score (nSPS) is 12.6. The molecule has 148 valence electrons. The fourth-order valence-electron chi connectivity index (χ4n) is 3.06. The van der Waals surface area contributed by atoms with Crippen molar-refractivity contribution in [3.63, 3.8) is 0 Å². The van der Waals surface area contributed by atoms with E-state index in [2.05, 4.69) is 44.0 Å². The monoisotopic (exact) mass is 408 g/mol. The highest BCUT2D eigenvalue weighted by Gasteiger charge is 2.11. The fraction of sp³-hybridized carbons (Fsp3) is 0.150. The van der Waals surface area contributed by atoms with Gasteiger partial charge >= 0.3 is 0 Å². The minimum atomic E-state index is -3.37. The molecule has 2 N–H and O–H groups in total. The van der Waals surface area contributed by atoms with E-state index >= 15 is 0 Å². The number of nitrogens with one attached hydrogen (secondary N) is 2. The van der Waals surface area contributed by atoms with Crippen LogP contribution in [-0.4, -0.2) is 34.2 Å². The lowest BCUT2D eigenvalue weighted by molar-refractivity contribution is 0.607. The van der Waals surface area contributed by atoms with Crippen molar-refractivity contribution < 1.29 is 8.42 Å². The van der Waals surface area contributed by atoms with Crippen LogP contribution >= 0.6 is 0 Å². The smallest absolute Gasteiger partial charge is 0.229 e. The van der Waals surface area contributed by atoms with Crippen molar-refractivity contribution in [2.45, 2.75) is 13.0 Å². The average molecular weight is 408 g/mol. The number of hydrogen-bond donors (Lipinski definition) is 2. The molecule has 0 fully saturated rings. The minimum absolute atomic E-state index is 0.0610. The van der Waals surface area contributed by atoms with Gasteiger partial charge in [-0.25, -0.2) is 18.4 Å². The first-order valence-corrected chi connectivity index (χ1v) is 10.9. The molecule has 0 aliphatic heterocycles. The van der Waals surface area contributed by atoms with Gasteiger partial charge in [-0.15, -0.1) is 0 Å². The number of rotatable bonds is 6. The SMILES string of the molecule is C[C@H](Nc1cncc(-n2cnc3ccc(NS(C)(=O)=O)cc32)n1)c1ccccc1. The Kier molecular flexibility index (Phi) is 4.89. The van der Waals surface area contributed by atoms with Crippen LogP contribution in [0.3, 0.4) is 0 Å². The van der Waals surface area contributed by atoms with Crippen molar-refractivity contribution in [2.75, 3.05) is 16.3 Å². The molecular formula is C20H20N6O2S. The molecule has 0 radical (unpaired) electrons. The molecule has 2 aromatic heterocycles. The van der Waals surface area contributed by atoms with Gasteiger partial charge in [0.25, 0.3) is 0 Å². The maximum Gasteiger partial charge on any atom is 0.229 e. The Hall–Kier alpha value is -3.46. The number of aromatic nitrogens is 4. The average Bonchev–Trinajstić information content (AvgIpc) is 3.11. The standard InChI is InChI=1S/C20H20N6O2S/c1-14(15-6-4-3-5-7-15)23-19-11-21-12-20(24-19)26-13-22-17-9-8-16(10-18(17)26)25-29(2,27)28/h3-14,25H,1-2H3,(H,23,24)/t14-/m0/s1. The van der Waals surface area contributed by atoms with E-state index in [1.165, 1.54) is 0 Å². The number of anilines is 2. The Bertz CT molecular complexity index is 1250. The molecule has 0 aliphatic rings. The summed E-state index contributed by atoms with van der Waals surface area (Å²) in [5, 5.41) is 3.35. The lowest BCUT2D eigenvalue weighted by Crippen LogP contribution is -2.10. The fourth-order valence-corrected chi connectivity index (χ4v) is 3.61. The van der Waals surface area contributed by atoms with Gasteiger partial charge in [0.05, 0.1) is 35.4 Å². The first kappa shape index (κ1) is 18.9. The number of imidazole rings is 1. The number of benzene rings is 2. The molecule has 1 atom stereocenters. The summed E-state index contributed by atoms with van der Waals surface area (Å²) in [4.78, 5) is 13.3. The summed E-state index contributed by atoms with van der Waals surface area (Å²) < 4.78 is 27.3. The van der Waals surface area contributed by atoms with Crippen molar-refractivity contribution >= 4 is 32.6 Å². The zero-order chi connectivity index (χ0) is 20.4. The van der Waals surface area contributed by atoms with E-state index in [9.17, 15) is 8.42 Å². The molecule has 9 heteroatoms. The Morgan fingerprint density at radius 2 is 1.86 bits per heavy atom. The van der Waals surface area contributed by atoms with Gasteiger partial charge in [-0.3, -0.25) is 14.3 Å². The molecule has 4 rings (SSSR count). The number of nitrogens with zero attached hydrogens (tertiary/aromatic N) is 4. The van der Waals surface area contributed by atoms with Gasteiger partial charge in [0.1, 0.15) is 12.1 Å². The lowest BCUT2D eigenvalue weighted by Gasteiger charge is -2.15. The van der Waals surface area contributed by atoms with E-state index in [4.69, 9.17) is 0 Å². The number of hydrogen-bond acceptors (Lipinski definition) is 6. The minimum Gasteiger partial charge on any atom is -0.362 e. The third-order valence-corrected chi connectivity index (χ3v) is 4.99. The van der Waals surface area contributed by atoms with Gasteiger partial charge in [0, 0.05) is 6.04 Å². The van der Waals surface area contributed by atoms with E-state index in [1.807, 2.05) is 18.2 Å². The topological polar surface area (TPSA) is 102 Å². The highest BCUT2D eigenvalue weighted by Crippen LogP contribution is 2.23. The van der Waals surface area contributed by atoms with Crippen LogP contribution in [0, 0.1) is 0 Å². The molecular weight excluding hydrogens is 388 g/mol. The second kappa shape index (κ2) is 7.51. The van der Waals surface area contributed by atoms with Crippen molar-refractivity contribution in [3.8, 4) is 5.82 Å². The van der Waals surface area contributed by atoms with Gasteiger partial charge in [-0.1, -0.05) is 30.3 Å². The third kappa shape index (κ3) is 4.35. The van der Waals surface area contributed by atoms with Crippen LogP contribution < -0.4 is 10.0 Å². The largest absolute Gasteiger partial charge is 0.362 e. The van der Waals surface area contributed by atoms with Crippen LogP contribution in [0.15, 0.2) is 67.3 Å². The van der Waals surface area contributed by atoms with E-state index < -0.39 is 10.0 Å². The first-order chi connectivity index (χ1) is 13.9. The van der Waals surface area contributed by atoms with Crippen molar-refractivity contribution in [3.05, 3.63) is 72.8 Å². The molecule has 0 unspecified atom stereocenters. The summed E-state index contributed by atoms with van der Waals surface area (Å²) in [7, 11) is -3.37. The predicted molar refractivity (Wildman–Crippen MR) is 114 cm³/mol. The molecule has 0 aliphatic carbocycles. The Morgan fingerprint density at radius 1 is 1.07 bits per heavy atom. The first-order valence-electron chi connectivity index (χ1n) is 8.98. The molecule has 29 heavy (non-hydrogen) atoms. The van der Waals surface area contributed by atoms with Crippen molar-refractivity contribution in [1.29, 1.82) is 0 Å². The van der Waals surface area contributed by atoms with Crippen molar-refractivity contribution in [1.82, 2.24) is 19.5 Å². The maximum absolute atomic E-state index is 11.5. The van der Waals surface area contributed by atoms with Gasteiger partial charge in [-0.2, -0.15) is 0 Å². The zero-order valence-electron chi connectivity index (χ0n) is 15.9. The Morgan fingerprint density at radius 3 is 2.62 bits per heavy atom. The van der Waals surface area contributed by atoms with Crippen LogP contribution in [0.2, 0.25) is 0 Å². The Balaban J connectivity index is 1.66. The van der Waals surface area contributed by atoms with Crippen LogP contribution in [0.1, 0.15) is 18.5 Å². The van der Waals surface area contributed by atoms with Gasteiger partial charge in [0.2, 0.25) is 10.0 Å². The lowest BCUT2D eigenvalue weighted by atomic mass is 10.1. The van der Waals surface area contributed by atoms with E-state index in [0.717, 1.165) is 22.9 Å². The number of fused-ring (bicyclic) bond motifs is 1. The quantitative estimate of drug-likeness (QED) is 0.507. The third-order valence-electron chi connectivity index (χ3n) is 4.38. The van der Waals surface area contributed by atoms with Gasteiger partial charge < -0.3 is 5.32 Å².